The first kappa shape index (κ1) is 21.0. The van der Waals surface area contributed by atoms with Gasteiger partial charge in [-0.15, -0.1) is 0 Å². The minimum Gasteiger partial charge on any atom is -0.383 e. The van der Waals surface area contributed by atoms with Crippen molar-refractivity contribution < 1.29 is 14.3 Å². The van der Waals surface area contributed by atoms with Crippen LogP contribution >= 0.6 is 0 Å². The zero-order valence-electron chi connectivity index (χ0n) is 18.4. The Morgan fingerprint density at radius 3 is 2.55 bits per heavy atom. The van der Waals surface area contributed by atoms with Crippen molar-refractivity contribution in [1.29, 1.82) is 0 Å². The highest BCUT2D eigenvalue weighted by molar-refractivity contribution is 6.03. The topological polar surface area (TPSA) is 74.4 Å². The highest BCUT2D eigenvalue weighted by Gasteiger charge is 2.40. The van der Waals surface area contributed by atoms with E-state index in [4.69, 9.17) is 4.74 Å². The quantitative estimate of drug-likeness (QED) is 0.425. The number of nitrogens with one attached hydrogen (secondary N) is 2. The summed E-state index contributed by atoms with van der Waals surface area (Å²) in [5, 5.41) is 3.88. The third-order valence-corrected chi connectivity index (χ3v) is 6.08. The number of ether oxygens (including phenoxy) is 1. The summed E-state index contributed by atoms with van der Waals surface area (Å²) in [5.74, 6) is -0.346. The van der Waals surface area contributed by atoms with Gasteiger partial charge in [-0.05, 0) is 23.3 Å². The third kappa shape index (κ3) is 3.79. The van der Waals surface area contributed by atoms with Gasteiger partial charge in [0.15, 0.2) is 0 Å². The summed E-state index contributed by atoms with van der Waals surface area (Å²) in [6.45, 7) is 0.789. The monoisotopic (exact) mass is 439 g/mol. The van der Waals surface area contributed by atoms with Crippen LogP contribution in [-0.2, 0) is 9.53 Å². The Balaban J connectivity index is 1.66. The number of methoxy groups -OCH3 is 1. The lowest BCUT2D eigenvalue weighted by Crippen LogP contribution is -2.40. The number of hydrogen-bond acceptors (Lipinski definition) is 3. The van der Waals surface area contributed by atoms with Gasteiger partial charge in [-0.25, -0.2) is 0 Å². The molecule has 0 spiro atoms. The second kappa shape index (κ2) is 8.92. The molecule has 1 atom stereocenters. The molecule has 1 aliphatic rings. The Hall–Kier alpha value is -3.90. The number of benzene rings is 3. The molecule has 4 aromatic rings. The molecule has 0 unspecified atom stereocenters. The molecule has 1 aliphatic heterocycles. The van der Waals surface area contributed by atoms with Gasteiger partial charge in [0.25, 0.3) is 5.91 Å². The normalized spacial score (nSPS) is 15.1. The van der Waals surface area contributed by atoms with Crippen molar-refractivity contribution in [3.8, 4) is 11.3 Å². The number of rotatable bonds is 7. The number of carbonyl (C=O) groups excluding carboxylic acids is 2. The first-order valence-electron chi connectivity index (χ1n) is 11.0. The number of nitrogens with zero attached hydrogens (tertiary/aromatic N) is 1. The van der Waals surface area contributed by atoms with Crippen molar-refractivity contribution in [1.82, 2.24) is 15.2 Å². The predicted molar refractivity (Wildman–Crippen MR) is 128 cm³/mol. The van der Waals surface area contributed by atoms with Crippen LogP contribution in [0.3, 0.4) is 0 Å². The van der Waals surface area contributed by atoms with Gasteiger partial charge < -0.3 is 19.9 Å². The van der Waals surface area contributed by atoms with Crippen LogP contribution in [0.1, 0.15) is 27.5 Å². The van der Waals surface area contributed by atoms with Gasteiger partial charge in [-0.2, -0.15) is 0 Å². The van der Waals surface area contributed by atoms with E-state index in [-0.39, 0.29) is 24.4 Å². The van der Waals surface area contributed by atoms with Crippen molar-refractivity contribution >= 4 is 22.7 Å². The molecule has 166 valence electrons. The summed E-state index contributed by atoms with van der Waals surface area (Å²) >= 11 is 0. The number of H-pyrrole nitrogens is 1. The number of carbonyl (C=O) groups is 2. The second-order valence-electron chi connectivity index (χ2n) is 8.09. The molecule has 0 fully saturated rings. The van der Waals surface area contributed by atoms with Crippen molar-refractivity contribution in [3.05, 3.63) is 95.6 Å². The lowest BCUT2D eigenvalue weighted by atomic mass is 9.93. The molecule has 0 radical (unpaired) electrons. The fraction of sp³-hybridized carbons (Fsp3) is 0.185. The molecule has 2 amide bonds. The van der Waals surface area contributed by atoms with E-state index in [0.717, 1.165) is 33.3 Å². The van der Waals surface area contributed by atoms with Gasteiger partial charge in [-0.3, -0.25) is 9.59 Å². The number of para-hydroxylation sites is 1. The van der Waals surface area contributed by atoms with Crippen molar-refractivity contribution in [2.75, 3.05) is 26.8 Å². The number of aromatic nitrogens is 1. The fourth-order valence-corrected chi connectivity index (χ4v) is 4.63. The van der Waals surface area contributed by atoms with E-state index in [1.807, 2.05) is 60.7 Å². The molecule has 6 heteroatoms. The Kier molecular flexibility index (Phi) is 5.67. The minimum absolute atomic E-state index is 0.0321. The van der Waals surface area contributed by atoms with Crippen molar-refractivity contribution in [2.45, 2.75) is 6.04 Å². The molecule has 0 bridgehead atoms. The molecule has 3 aromatic carbocycles. The number of amides is 2. The maximum absolute atomic E-state index is 13.5. The Morgan fingerprint density at radius 1 is 1.00 bits per heavy atom. The summed E-state index contributed by atoms with van der Waals surface area (Å²) in [4.78, 5) is 31.4. The van der Waals surface area contributed by atoms with E-state index in [1.54, 1.807) is 12.0 Å². The van der Waals surface area contributed by atoms with Crippen molar-refractivity contribution in [2.24, 2.45) is 0 Å². The van der Waals surface area contributed by atoms with Gasteiger partial charge in [0.2, 0.25) is 5.91 Å². The molecular weight excluding hydrogens is 414 g/mol. The SMILES string of the molecule is COCCNC(=O)CN1C(=O)c2ccccc2[C@H]1c1c(-c2ccccc2)[nH]c2ccccc12. The van der Waals surface area contributed by atoms with Crippen molar-refractivity contribution in [3.63, 3.8) is 0 Å². The molecule has 0 aliphatic carbocycles. The molecule has 0 saturated heterocycles. The largest absolute Gasteiger partial charge is 0.383 e. The summed E-state index contributed by atoms with van der Waals surface area (Å²) in [7, 11) is 1.59. The van der Waals surface area contributed by atoms with Crippen LogP contribution in [0.2, 0.25) is 0 Å². The second-order valence-corrected chi connectivity index (χ2v) is 8.09. The molecule has 33 heavy (non-hydrogen) atoms. The van der Waals surface area contributed by atoms with Gasteiger partial charge in [0.1, 0.15) is 6.54 Å². The van der Waals surface area contributed by atoms with E-state index in [2.05, 4.69) is 28.5 Å². The summed E-state index contributed by atoms with van der Waals surface area (Å²) in [5.41, 5.74) is 5.53. The Morgan fingerprint density at radius 2 is 1.73 bits per heavy atom. The average molecular weight is 440 g/mol. The van der Waals surface area contributed by atoms with Crippen LogP contribution in [0.15, 0.2) is 78.9 Å². The van der Waals surface area contributed by atoms with Crippen LogP contribution in [0, 0.1) is 0 Å². The highest BCUT2D eigenvalue weighted by Crippen LogP contribution is 2.45. The van der Waals surface area contributed by atoms with Gasteiger partial charge >= 0.3 is 0 Å². The van der Waals surface area contributed by atoms with E-state index in [0.29, 0.717) is 18.7 Å². The van der Waals surface area contributed by atoms with Gasteiger partial charge in [0.05, 0.1) is 18.3 Å². The first-order chi connectivity index (χ1) is 16.2. The minimum atomic E-state index is -0.381. The van der Waals surface area contributed by atoms with Crippen LogP contribution in [-0.4, -0.2) is 48.5 Å². The van der Waals surface area contributed by atoms with E-state index in [9.17, 15) is 9.59 Å². The average Bonchev–Trinajstić information content (AvgIpc) is 3.35. The lowest BCUT2D eigenvalue weighted by Gasteiger charge is -2.26. The number of fused-ring (bicyclic) bond motifs is 2. The molecule has 5 rings (SSSR count). The van der Waals surface area contributed by atoms with E-state index < -0.39 is 0 Å². The zero-order valence-corrected chi connectivity index (χ0v) is 18.4. The molecule has 1 aromatic heterocycles. The highest BCUT2D eigenvalue weighted by atomic mass is 16.5. The van der Waals surface area contributed by atoms with Gasteiger partial charge in [0, 0.05) is 35.7 Å². The number of hydrogen-bond donors (Lipinski definition) is 2. The molecular formula is C27H25N3O3. The smallest absolute Gasteiger partial charge is 0.255 e. The lowest BCUT2D eigenvalue weighted by molar-refractivity contribution is -0.122. The standard InChI is InChI=1S/C27H25N3O3/c1-33-16-15-28-23(31)17-30-26(19-11-5-6-12-20(19)27(30)32)24-21-13-7-8-14-22(21)29-25(24)18-9-3-2-4-10-18/h2-14,26,29H,15-17H2,1H3,(H,28,31)/t26-/m0/s1. The van der Waals surface area contributed by atoms with E-state index >= 15 is 0 Å². The Bertz CT molecular complexity index is 1310. The van der Waals surface area contributed by atoms with E-state index in [1.165, 1.54) is 0 Å². The van der Waals surface area contributed by atoms with Crippen LogP contribution in [0.4, 0.5) is 0 Å². The fourth-order valence-electron chi connectivity index (χ4n) is 4.63. The maximum atomic E-state index is 13.5. The van der Waals surface area contributed by atoms with Crippen LogP contribution in [0.5, 0.6) is 0 Å². The first-order valence-corrected chi connectivity index (χ1v) is 11.0. The third-order valence-electron chi connectivity index (χ3n) is 6.08. The maximum Gasteiger partial charge on any atom is 0.255 e. The molecule has 0 saturated carbocycles. The summed E-state index contributed by atoms with van der Waals surface area (Å²) in [6, 6.07) is 25.4. The van der Waals surface area contributed by atoms with Crippen LogP contribution < -0.4 is 5.32 Å². The number of aromatic amines is 1. The van der Waals surface area contributed by atoms with Crippen LogP contribution in [0.25, 0.3) is 22.2 Å². The van der Waals surface area contributed by atoms with Gasteiger partial charge in [-0.1, -0.05) is 66.7 Å². The summed E-state index contributed by atoms with van der Waals surface area (Å²) < 4.78 is 5.03. The molecule has 6 nitrogen and oxygen atoms in total. The Labute approximate surface area is 192 Å². The molecule has 2 N–H and O–H groups in total. The zero-order chi connectivity index (χ0) is 22.8. The molecule has 2 heterocycles. The predicted octanol–water partition coefficient (Wildman–Crippen LogP) is 4.14. The summed E-state index contributed by atoms with van der Waals surface area (Å²) in [6.07, 6.45) is 0.